The summed E-state index contributed by atoms with van der Waals surface area (Å²) in [5, 5.41) is 3.86. The summed E-state index contributed by atoms with van der Waals surface area (Å²) in [4.78, 5) is 14.2. The van der Waals surface area contributed by atoms with Crippen molar-refractivity contribution in [3.63, 3.8) is 0 Å². The number of hydrogen-bond acceptors (Lipinski definition) is 3. The number of amides is 1. The van der Waals surface area contributed by atoms with E-state index in [4.69, 9.17) is 0 Å². The maximum atomic E-state index is 11.8. The van der Waals surface area contributed by atoms with Gasteiger partial charge in [0.1, 0.15) is 0 Å². The van der Waals surface area contributed by atoms with Crippen molar-refractivity contribution in [1.82, 2.24) is 10.2 Å². The van der Waals surface area contributed by atoms with Crippen LogP contribution in [0.15, 0.2) is 0 Å². The van der Waals surface area contributed by atoms with Crippen LogP contribution in [0.3, 0.4) is 0 Å². The highest BCUT2D eigenvalue weighted by Crippen LogP contribution is 2.32. The topological polar surface area (TPSA) is 32.3 Å². The van der Waals surface area contributed by atoms with E-state index in [1.54, 1.807) is 0 Å². The zero-order valence-electron chi connectivity index (χ0n) is 13.2. The fourth-order valence-electron chi connectivity index (χ4n) is 2.65. The van der Waals surface area contributed by atoms with Gasteiger partial charge in [-0.2, -0.15) is 11.8 Å². The third-order valence-corrected chi connectivity index (χ3v) is 4.82. The monoisotopic (exact) mass is 286 g/mol. The van der Waals surface area contributed by atoms with E-state index in [1.165, 1.54) is 25.0 Å². The zero-order valence-corrected chi connectivity index (χ0v) is 14.0. The molecule has 1 fully saturated rings. The molecule has 0 aliphatic heterocycles. The lowest BCUT2D eigenvalue weighted by molar-refractivity contribution is -0.122. The van der Waals surface area contributed by atoms with Gasteiger partial charge in [-0.25, -0.2) is 0 Å². The molecule has 0 unspecified atom stereocenters. The molecular formula is C15H30N2OS. The van der Waals surface area contributed by atoms with Crippen LogP contribution >= 0.6 is 11.8 Å². The first-order chi connectivity index (χ1) is 8.81. The number of nitrogens with one attached hydrogen (secondary N) is 1. The summed E-state index contributed by atoms with van der Waals surface area (Å²) in [6, 6.07) is 0.673. The molecule has 1 aliphatic carbocycles. The second-order valence-electron chi connectivity index (χ2n) is 6.57. The number of hydrogen-bond donors (Lipinski definition) is 1. The Hall–Kier alpha value is -0.220. The molecular weight excluding hydrogens is 256 g/mol. The van der Waals surface area contributed by atoms with E-state index in [-0.39, 0.29) is 11.4 Å². The minimum atomic E-state index is -0.119. The Kier molecular flexibility index (Phi) is 6.67. The number of carbonyl (C=O) groups is 1. The Labute approximate surface area is 122 Å². The molecule has 0 aromatic heterocycles. The van der Waals surface area contributed by atoms with E-state index in [0.29, 0.717) is 12.5 Å². The van der Waals surface area contributed by atoms with Crippen molar-refractivity contribution in [3.05, 3.63) is 0 Å². The van der Waals surface area contributed by atoms with Crippen LogP contribution in [0, 0.1) is 0 Å². The Morgan fingerprint density at radius 2 is 2.05 bits per heavy atom. The van der Waals surface area contributed by atoms with E-state index in [1.807, 2.05) is 20.8 Å². The fraction of sp³-hybridized carbons (Fsp3) is 0.933. The summed E-state index contributed by atoms with van der Waals surface area (Å²) in [6.45, 7) is 9.18. The van der Waals surface area contributed by atoms with Crippen molar-refractivity contribution < 1.29 is 4.79 Å². The average Bonchev–Trinajstić information content (AvgIpc) is 2.73. The lowest BCUT2D eigenvalue weighted by atomic mass is 10.1. The summed E-state index contributed by atoms with van der Waals surface area (Å²) in [7, 11) is 2.16. The lowest BCUT2D eigenvalue weighted by Crippen LogP contribution is -2.42. The van der Waals surface area contributed by atoms with Gasteiger partial charge in [-0.15, -0.1) is 0 Å². The van der Waals surface area contributed by atoms with Crippen molar-refractivity contribution in [3.8, 4) is 0 Å². The van der Waals surface area contributed by atoms with Gasteiger partial charge in [0.05, 0.1) is 0 Å². The molecule has 2 atom stereocenters. The van der Waals surface area contributed by atoms with Crippen LogP contribution < -0.4 is 5.32 Å². The number of carbonyl (C=O) groups excluding carboxylic acids is 1. The van der Waals surface area contributed by atoms with Crippen LogP contribution in [0.1, 0.15) is 53.4 Å². The van der Waals surface area contributed by atoms with E-state index in [0.717, 1.165) is 11.8 Å². The minimum absolute atomic E-state index is 0.119. The van der Waals surface area contributed by atoms with Crippen LogP contribution in [0.2, 0.25) is 0 Å². The van der Waals surface area contributed by atoms with E-state index < -0.39 is 0 Å². The Balaban J connectivity index is 2.25. The first-order valence-corrected chi connectivity index (χ1v) is 8.49. The van der Waals surface area contributed by atoms with Crippen LogP contribution in [-0.2, 0) is 4.79 Å². The second kappa shape index (κ2) is 7.53. The molecule has 0 bridgehead atoms. The summed E-state index contributed by atoms with van der Waals surface area (Å²) in [5.41, 5.74) is -0.119. The largest absolute Gasteiger partial charge is 0.351 e. The van der Waals surface area contributed by atoms with Gasteiger partial charge in [-0.3, -0.25) is 4.79 Å². The number of nitrogens with zero attached hydrogens (tertiary/aromatic N) is 1. The van der Waals surface area contributed by atoms with Crippen molar-refractivity contribution >= 4 is 17.7 Å². The van der Waals surface area contributed by atoms with Crippen molar-refractivity contribution in [2.45, 2.75) is 70.2 Å². The Bertz CT molecular complexity index is 288. The van der Waals surface area contributed by atoms with E-state index >= 15 is 0 Å². The van der Waals surface area contributed by atoms with Crippen LogP contribution in [0.4, 0.5) is 0 Å². The molecule has 1 saturated carbocycles. The molecule has 4 heteroatoms. The van der Waals surface area contributed by atoms with Gasteiger partial charge in [-0.05, 0) is 52.8 Å². The maximum Gasteiger partial charge on any atom is 0.221 e. The molecule has 112 valence electrons. The molecule has 1 N–H and O–H groups in total. The fourth-order valence-corrected chi connectivity index (χ4v) is 3.78. The summed E-state index contributed by atoms with van der Waals surface area (Å²) >= 11 is 2.09. The Morgan fingerprint density at radius 3 is 2.63 bits per heavy atom. The van der Waals surface area contributed by atoms with Gasteiger partial charge >= 0.3 is 0 Å². The molecule has 0 saturated heterocycles. The first-order valence-electron chi connectivity index (χ1n) is 7.44. The third-order valence-electron chi connectivity index (χ3n) is 3.59. The molecule has 19 heavy (non-hydrogen) atoms. The summed E-state index contributed by atoms with van der Waals surface area (Å²) in [5.74, 6) is 1.38. The summed E-state index contributed by atoms with van der Waals surface area (Å²) in [6.07, 6.45) is 4.52. The zero-order chi connectivity index (χ0) is 14.5. The number of thioether (sulfide) groups is 1. The van der Waals surface area contributed by atoms with Crippen LogP contribution in [0.5, 0.6) is 0 Å². The molecule has 0 radical (unpaired) electrons. The average molecular weight is 286 g/mol. The Morgan fingerprint density at radius 1 is 1.37 bits per heavy atom. The van der Waals surface area contributed by atoms with Crippen molar-refractivity contribution in [1.29, 1.82) is 0 Å². The van der Waals surface area contributed by atoms with Gasteiger partial charge < -0.3 is 10.2 Å². The molecule has 0 heterocycles. The molecule has 1 rings (SSSR count). The van der Waals surface area contributed by atoms with E-state index in [9.17, 15) is 4.79 Å². The molecule has 0 aromatic rings. The first kappa shape index (κ1) is 16.8. The molecule has 0 spiro atoms. The normalized spacial score (nSPS) is 23.9. The standard InChI is InChI=1S/C15H30N2OS/c1-6-19-13-8-7-12(11-13)17(5)10-9-14(18)16-15(2,3)4/h12-13H,6-11H2,1-5H3,(H,16,18)/t12-,13+/m1/s1. The van der Waals surface area contributed by atoms with Gasteiger partial charge in [0.15, 0.2) is 0 Å². The highest BCUT2D eigenvalue weighted by molar-refractivity contribution is 7.99. The SMILES string of the molecule is CCS[C@H]1CC[C@@H](N(C)CCC(=O)NC(C)(C)C)C1. The predicted octanol–water partition coefficient (Wildman–Crippen LogP) is 2.90. The van der Waals surface area contributed by atoms with Crippen molar-refractivity contribution in [2.24, 2.45) is 0 Å². The van der Waals surface area contributed by atoms with Crippen molar-refractivity contribution in [2.75, 3.05) is 19.3 Å². The van der Waals surface area contributed by atoms with Crippen LogP contribution in [-0.4, -0.2) is 47.0 Å². The third kappa shape index (κ3) is 6.66. The quantitative estimate of drug-likeness (QED) is 0.815. The maximum absolute atomic E-state index is 11.8. The highest BCUT2D eigenvalue weighted by Gasteiger charge is 2.27. The van der Waals surface area contributed by atoms with Crippen LogP contribution in [0.25, 0.3) is 0 Å². The van der Waals surface area contributed by atoms with E-state index in [2.05, 4.69) is 35.9 Å². The van der Waals surface area contributed by atoms with Gasteiger partial charge in [-0.1, -0.05) is 6.92 Å². The second-order valence-corrected chi connectivity index (χ2v) is 8.15. The van der Waals surface area contributed by atoms with Gasteiger partial charge in [0.2, 0.25) is 5.91 Å². The summed E-state index contributed by atoms with van der Waals surface area (Å²) < 4.78 is 0. The molecule has 1 aliphatic rings. The molecule has 0 aromatic carbocycles. The molecule has 3 nitrogen and oxygen atoms in total. The lowest BCUT2D eigenvalue weighted by Gasteiger charge is -2.25. The predicted molar refractivity (Wildman–Crippen MR) is 84.7 cm³/mol. The van der Waals surface area contributed by atoms with Gasteiger partial charge in [0, 0.05) is 29.8 Å². The highest BCUT2D eigenvalue weighted by atomic mass is 32.2. The van der Waals surface area contributed by atoms with Gasteiger partial charge in [0.25, 0.3) is 0 Å². The minimum Gasteiger partial charge on any atom is -0.351 e. The number of rotatable bonds is 6. The molecule has 1 amide bonds. The smallest absolute Gasteiger partial charge is 0.221 e.